The van der Waals surface area contributed by atoms with Crippen LogP contribution in [-0.4, -0.2) is 27.8 Å². The van der Waals surface area contributed by atoms with Crippen LogP contribution in [0.3, 0.4) is 0 Å². The minimum atomic E-state index is -0.426. The molecule has 17 heavy (non-hydrogen) atoms. The fourth-order valence-electron chi connectivity index (χ4n) is 1.51. The van der Waals surface area contributed by atoms with Crippen molar-refractivity contribution in [2.75, 3.05) is 7.11 Å². The molecule has 0 aliphatic rings. The van der Waals surface area contributed by atoms with Crippen molar-refractivity contribution < 1.29 is 9.53 Å². The van der Waals surface area contributed by atoms with Crippen molar-refractivity contribution >= 4 is 5.97 Å². The summed E-state index contributed by atoms with van der Waals surface area (Å²) in [6.45, 7) is 1.74. The summed E-state index contributed by atoms with van der Waals surface area (Å²) in [6.07, 6.45) is 6.98. The largest absolute Gasteiger partial charge is 0.467 e. The van der Waals surface area contributed by atoms with E-state index in [9.17, 15) is 4.79 Å². The van der Waals surface area contributed by atoms with Gasteiger partial charge in [-0.05, 0) is 13.0 Å². The number of hydrogen-bond donors (Lipinski definition) is 0. The Kier molecular flexibility index (Phi) is 3.18. The zero-order valence-corrected chi connectivity index (χ0v) is 9.70. The molecule has 0 aliphatic carbocycles. The lowest BCUT2D eigenvalue weighted by Crippen LogP contribution is -2.17. The zero-order valence-electron chi connectivity index (χ0n) is 9.70. The molecule has 2 heterocycles. The van der Waals surface area contributed by atoms with Crippen molar-refractivity contribution in [3.63, 3.8) is 0 Å². The predicted octanol–water partition coefficient (Wildman–Crippen LogP) is 1.68. The lowest BCUT2D eigenvalue weighted by Gasteiger charge is -2.08. The maximum absolute atomic E-state index is 11.4. The van der Waals surface area contributed by atoms with E-state index in [1.54, 1.807) is 36.4 Å². The molecule has 1 atom stereocenters. The van der Waals surface area contributed by atoms with Crippen LogP contribution in [-0.2, 0) is 9.53 Å². The number of esters is 1. The van der Waals surface area contributed by atoms with Gasteiger partial charge in [-0.2, -0.15) is 5.10 Å². The maximum Gasteiger partial charge on any atom is 0.330 e. The Morgan fingerprint density at radius 1 is 1.41 bits per heavy atom. The Morgan fingerprint density at radius 3 is 2.88 bits per heavy atom. The molecule has 0 saturated carbocycles. The first kappa shape index (κ1) is 11.3. The maximum atomic E-state index is 11.4. The van der Waals surface area contributed by atoms with Gasteiger partial charge in [0.25, 0.3) is 0 Å². The van der Waals surface area contributed by atoms with E-state index in [0.717, 1.165) is 11.1 Å². The number of hydrogen-bond acceptors (Lipinski definition) is 4. The van der Waals surface area contributed by atoms with Crippen LogP contribution in [0.4, 0.5) is 0 Å². The van der Waals surface area contributed by atoms with Gasteiger partial charge < -0.3 is 4.74 Å². The van der Waals surface area contributed by atoms with Gasteiger partial charge in [-0.3, -0.25) is 9.67 Å². The van der Waals surface area contributed by atoms with Crippen LogP contribution in [0.5, 0.6) is 0 Å². The van der Waals surface area contributed by atoms with Gasteiger partial charge >= 0.3 is 5.97 Å². The Balaban J connectivity index is 2.25. The van der Waals surface area contributed by atoms with E-state index in [1.807, 2.05) is 12.1 Å². The number of aromatic nitrogens is 3. The minimum Gasteiger partial charge on any atom is -0.467 e. The van der Waals surface area contributed by atoms with Crippen molar-refractivity contribution in [1.82, 2.24) is 14.8 Å². The van der Waals surface area contributed by atoms with Gasteiger partial charge in [0.15, 0.2) is 0 Å². The van der Waals surface area contributed by atoms with Crippen LogP contribution in [0, 0.1) is 0 Å². The first-order valence-corrected chi connectivity index (χ1v) is 5.24. The van der Waals surface area contributed by atoms with Gasteiger partial charge in [-0.25, -0.2) is 4.79 Å². The molecule has 2 rings (SSSR count). The molecule has 5 nitrogen and oxygen atoms in total. The smallest absolute Gasteiger partial charge is 0.330 e. The second-order valence-corrected chi connectivity index (χ2v) is 3.65. The van der Waals surface area contributed by atoms with Crippen LogP contribution in [0.25, 0.3) is 11.1 Å². The second-order valence-electron chi connectivity index (χ2n) is 3.65. The molecular formula is C12H13N3O2. The van der Waals surface area contributed by atoms with Crippen molar-refractivity contribution in [3.8, 4) is 11.1 Å². The SMILES string of the molecule is COC(=O)[C@H](C)n1cc(-c2cccnc2)cn1. The van der Waals surface area contributed by atoms with E-state index in [4.69, 9.17) is 0 Å². The average Bonchev–Trinajstić information content (AvgIpc) is 2.87. The number of carbonyl (C=O) groups is 1. The monoisotopic (exact) mass is 231 g/mol. The Hall–Kier alpha value is -2.17. The summed E-state index contributed by atoms with van der Waals surface area (Å²) in [6, 6.07) is 3.37. The number of rotatable bonds is 3. The molecule has 0 fully saturated rings. The first-order chi connectivity index (χ1) is 8.22. The Bertz CT molecular complexity index is 507. The van der Waals surface area contributed by atoms with E-state index in [1.165, 1.54) is 7.11 Å². The molecule has 0 bridgehead atoms. The molecule has 0 aliphatic heterocycles. The fourth-order valence-corrected chi connectivity index (χ4v) is 1.51. The molecule has 0 saturated heterocycles. The molecule has 0 N–H and O–H groups in total. The van der Waals surface area contributed by atoms with Crippen molar-refractivity contribution in [3.05, 3.63) is 36.9 Å². The highest BCUT2D eigenvalue weighted by molar-refractivity contribution is 5.73. The van der Waals surface area contributed by atoms with E-state index in [0.29, 0.717) is 0 Å². The highest BCUT2D eigenvalue weighted by Crippen LogP contribution is 2.18. The summed E-state index contributed by atoms with van der Waals surface area (Å²) in [5.74, 6) is -0.314. The third kappa shape index (κ3) is 2.33. The molecule has 0 aromatic carbocycles. The third-order valence-corrected chi connectivity index (χ3v) is 2.54. The van der Waals surface area contributed by atoms with Crippen LogP contribution in [0.2, 0.25) is 0 Å². The zero-order chi connectivity index (χ0) is 12.3. The standard InChI is InChI=1S/C12H13N3O2/c1-9(12(16)17-2)15-8-11(7-14-15)10-4-3-5-13-6-10/h3-9H,1-2H3/t9-/m0/s1. The second kappa shape index (κ2) is 4.78. The number of methoxy groups -OCH3 is 1. The molecule has 88 valence electrons. The Morgan fingerprint density at radius 2 is 2.24 bits per heavy atom. The molecule has 2 aromatic heterocycles. The van der Waals surface area contributed by atoms with Crippen LogP contribution >= 0.6 is 0 Å². The van der Waals surface area contributed by atoms with E-state index >= 15 is 0 Å². The van der Waals surface area contributed by atoms with Crippen LogP contribution in [0.1, 0.15) is 13.0 Å². The van der Waals surface area contributed by atoms with E-state index < -0.39 is 6.04 Å². The molecular weight excluding hydrogens is 218 g/mol. The van der Waals surface area contributed by atoms with Crippen molar-refractivity contribution in [1.29, 1.82) is 0 Å². The van der Waals surface area contributed by atoms with Crippen LogP contribution < -0.4 is 0 Å². The van der Waals surface area contributed by atoms with Gasteiger partial charge in [-0.15, -0.1) is 0 Å². The van der Waals surface area contributed by atoms with Crippen molar-refractivity contribution in [2.24, 2.45) is 0 Å². The third-order valence-electron chi connectivity index (χ3n) is 2.54. The van der Waals surface area contributed by atoms with Gasteiger partial charge in [-0.1, -0.05) is 6.07 Å². The van der Waals surface area contributed by atoms with E-state index in [2.05, 4.69) is 14.8 Å². The summed E-state index contributed by atoms with van der Waals surface area (Å²) in [4.78, 5) is 15.4. The summed E-state index contributed by atoms with van der Waals surface area (Å²) in [7, 11) is 1.37. The predicted molar refractivity (Wildman–Crippen MR) is 62.2 cm³/mol. The van der Waals surface area contributed by atoms with Gasteiger partial charge in [0.05, 0.1) is 13.3 Å². The summed E-state index contributed by atoms with van der Waals surface area (Å²) >= 11 is 0. The number of carbonyl (C=O) groups excluding carboxylic acids is 1. The topological polar surface area (TPSA) is 57.0 Å². The number of pyridine rings is 1. The molecule has 0 spiro atoms. The lowest BCUT2D eigenvalue weighted by atomic mass is 10.2. The average molecular weight is 231 g/mol. The molecule has 0 radical (unpaired) electrons. The number of nitrogens with zero attached hydrogens (tertiary/aromatic N) is 3. The summed E-state index contributed by atoms with van der Waals surface area (Å²) < 4.78 is 6.25. The summed E-state index contributed by atoms with van der Waals surface area (Å²) in [5, 5.41) is 4.15. The summed E-state index contributed by atoms with van der Waals surface area (Å²) in [5.41, 5.74) is 1.89. The molecule has 5 heteroatoms. The molecule has 2 aromatic rings. The van der Waals surface area contributed by atoms with Crippen LogP contribution in [0.15, 0.2) is 36.9 Å². The lowest BCUT2D eigenvalue weighted by molar-refractivity contribution is -0.144. The van der Waals surface area contributed by atoms with Gasteiger partial charge in [0.2, 0.25) is 0 Å². The fraction of sp³-hybridized carbons (Fsp3) is 0.250. The van der Waals surface area contributed by atoms with E-state index in [-0.39, 0.29) is 5.97 Å². The van der Waals surface area contributed by atoms with Gasteiger partial charge in [0.1, 0.15) is 6.04 Å². The highest BCUT2D eigenvalue weighted by Gasteiger charge is 2.16. The van der Waals surface area contributed by atoms with Gasteiger partial charge in [0, 0.05) is 29.7 Å². The molecule has 0 amide bonds. The quantitative estimate of drug-likeness (QED) is 0.754. The minimum absolute atomic E-state index is 0.314. The highest BCUT2D eigenvalue weighted by atomic mass is 16.5. The van der Waals surface area contributed by atoms with Crippen molar-refractivity contribution in [2.45, 2.75) is 13.0 Å². The normalized spacial score (nSPS) is 12.1. The molecule has 0 unspecified atom stereocenters. The number of ether oxygens (including phenoxy) is 1. The first-order valence-electron chi connectivity index (χ1n) is 5.24. The Labute approximate surface area is 99.1 Å².